The van der Waals surface area contributed by atoms with Gasteiger partial charge in [-0.1, -0.05) is 29.8 Å². The highest BCUT2D eigenvalue weighted by molar-refractivity contribution is 6.34. The Morgan fingerprint density at radius 3 is 2.54 bits per heavy atom. The van der Waals surface area contributed by atoms with Crippen LogP contribution < -0.4 is 10.2 Å². The molecule has 0 aliphatic carbocycles. The number of hydrogen-bond donors (Lipinski definition) is 1. The molecule has 0 spiro atoms. The van der Waals surface area contributed by atoms with Crippen molar-refractivity contribution >= 4 is 35.1 Å². The molecular weight excluding hydrogens is 509 g/mol. The van der Waals surface area contributed by atoms with Crippen LogP contribution in [0.2, 0.25) is 5.02 Å². The van der Waals surface area contributed by atoms with Crippen molar-refractivity contribution in [2.24, 2.45) is 0 Å². The summed E-state index contributed by atoms with van der Waals surface area (Å²) in [4.78, 5) is 39.6. The molecule has 10 heteroatoms. The summed E-state index contributed by atoms with van der Waals surface area (Å²) >= 11 is 6.38. The van der Waals surface area contributed by atoms with Crippen LogP contribution >= 0.6 is 11.6 Å². The molecule has 1 atom stereocenters. The summed E-state index contributed by atoms with van der Waals surface area (Å²) in [5.74, 6) is -4.67. The molecule has 2 aliphatic heterocycles. The number of fused-ring (bicyclic) bond motifs is 2. The Hall–Kier alpha value is -3.85. The summed E-state index contributed by atoms with van der Waals surface area (Å²) in [6.07, 6.45) is 0.506. The topological polar surface area (TPSA) is 75.7 Å². The fourth-order valence-corrected chi connectivity index (χ4v) is 5.37. The van der Waals surface area contributed by atoms with Gasteiger partial charge in [-0.05, 0) is 47.4 Å². The largest absolute Gasteiger partial charge is 0.467 e. The maximum atomic E-state index is 14.1. The molecule has 6 nitrogen and oxygen atoms in total. The van der Waals surface area contributed by atoms with Crippen molar-refractivity contribution in [1.82, 2.24) is 5.32 Å². The van der Waals surface area contributed by atoms with Gasteiger partial charge in [0.05, 0.1) is 24.4 Å². The van der Waals surface area contributed by atoms with Crippen LogP contribution in [-0.2, 0) is 33.7 Å². The van der Waals surface area contributed by atoms with E-state index in [0.29, 0.717) is 34.4 Å². The van der Waals surface area contributed by atoms with E-state index in [1.807, 2.05) is 0 Å². The lowest BCUT2D eigenvalue weighted by Gasteiger charge is -2.37. The van der Waals surface area contributed by atoms with Crippen LogP contribution in [0.5, 0.6) is 0 Å². The van der Waals surface area contributed by atoms with Crippen molar-refractivity contribution in [2.45, 2.75) is 31.8 Å². The molecule has 0 radical (unpaired) electrons. The highest BCUT2D eigenvalue weighted by Crippen LogP contribution is 2.48. The third kappa shape index (κ3) is 4.33. The minimum atomic E-state index is -1.26. The van der Waals surface area contributed by atoms with E-state index in [-0.39, 0.29) is 30.3 Å². The third-order valence-electron chi connectivity index (χ3n) is 6.68. The quantitative estimate of drug-likeness (QED) is 0.486. The molecular formula is C27H20ClF3N2O4. The molecule has 0 unspecified atom stereocenters. The summed E-state index contributed by atoms with van der Waals surface area (Å²) in [5.41, 5.74) is 3.09. The van der Waals surface area contributed by atoms with Crippen molar-refractivity contribution in [3.63, 3.8) is 0 Å². The van der Waals surface area contributed by atoms with Crippen LogP contribution in [-0.4, -0.2) is 30.9 Å². The van der Waals surface area contributed by atoms with Crippen LogP contribution in [0.3, 0.4) is 0 Å². The van der Waals surface area contributed by atoms with Crippen molar-refractivity contribution in [3.8, 4) is 11.1 Å². The SMILES string of the molecule is COC(=O)[C@H](Cc1ccc2c3c1CCC(=O)N3Cc1cc(F)cc(Cl)c1-2)NC(=O)c1c(F)cccc1F. The van der Waals surface area contributed by atoms with E-state index in [0.717, 1.165) is 30.9 Å². The van der Waals surface area contributed by atoms with E-state index in [9.17, 15) is 27.6 Å². The van der Waals surface area contributed by atoms with Crippen LogP contribution in [0.4, 0.5) is 18.9 Å². The lowest BCUT2D eigenvalue weighted by molar-refractivity contribution is -0.142. The number of amides is 2. The second-order valence-corrected chi connectivity index (χ2v) is 9.26. The Bertz CT molecular complexity index is 1460. The standard InChI is InChI=1S/C27H20ClF3N2O4/c1-37-27(36)21(32-26(35)24-19(30)3-2-4-20(24)31)10-13-5-6-17-23-14(9-15(29)11-18(23)28)12-33-22(34)8-7-16(13)25(17)33/h2-6,9,11,21H,7-8,10,12H2,1H3,(H,32,35)/t21-/m0/s1. The molecule has 0 fully saturated rings. The monoisotopic (exact) mass is 528 g/mol. The molecule has 0 saturated carbocycles. The number of benzene rings is 3. The van der Waals surface area contributed by atoms with Crippen LogP contribution in [0.15, 0.2) is 42.5 Å². The van der Waals surface area contributed by atoms with Crippen molar-refractivity contribution in [1.29, 1.82) is 0 Å². The number of anilines is 1. The van der Waals surface area contributed by atoms with Gasteiger partial charge in [0, 0.05) is 24.0 Å². The molecule has 2 heterocycles. The fourth-order valence-electron chi connectivity index (χ4n) is 5.04. The number of halogens is 4. The van der Waals surface area contributed by atoms with Gasteiger partial charge in [-0.15, -0.1) is 0 Å². The number of methoxy groups -OCH3 is 1. The fraction of sp³-hybridized carbons (Fsp3) is 0.222. The van der Waals surface area contributed by atoms with Gasteiger partial charge in [0.15, 0.2) is 0 Å². The van der Waals surface area contributed by atoms with Gasteiger partial charge >= 0.3 is 5.97 Å². The summed E-state index contributed by atoms with van der Waals surface area (Å²) in [5, 5.41) is 2.59. The Kier molecular flexibility index (Phi) is 6.41. The number of carbonyl (C=O) groups excluding carboxylic acids is 3. The number of nitrogens with zero attached hydrogens (tertiary/aromatic N) is 1. The van der Waals surface area contributed by atoms with Gasteiger partial charge in [0.25, 0.3) is 5.91 Å². The van der Waals surface area contributed by atoms with E-state index in [1.54, 1.807) is 17.0 Å². The molecule has 5 rings (SSSR count). The van der Waals surface area contributed by atoms with E-state index in [2.05, 4.69) is 5.32 Å². The Labute approximate surface area is 215 Å². The highest BCUT2D eigenvalue weighted by atomic mass is 35.5. The maximum Gasteiger partial charge on any atom is 0.328 e. The molecule has 0 bridgehead atoms. The van der Waals surface area contributed by atoms with Gasteiger partial charge in [-0.2, -0.15) is 0 Å². The molecule has 0 aromatic heterocycles. The predicted molar refractivity (Wildman–Crippen MR) is 130 cm³/mol. The minimum absolute atomic E-state index is 0.0524. The average molecular weight is 529 g/mol. The van der Waals surface area contributed by atoms with Crippen LogP contribution in [0.1, 0.15) is 33.5 Å². The summed E-state index contributed by atoms with van der Waals surface area (Å²) in [6.45, 7) is 0.138. The number of esters is 1. The lowest BCUT2D eigenvalue weighted by Crippen LogP contribution is -2.44. The minimum Gasteiger partial charge on any atom is -0.467 e. The average Bonchev–Trinajstić information content (AvgIpc) is 2.85. The summed E-state index contributed by atoms with van der Waals surface area (Å²) in [7, 11) is 1.14. The van der Waals surface area contributed by atoms with E-state index >= 15 is 0 Å². The maximum absolute atomic E-state index is 14.1. The first-order chi connectivity index (χ1) is 17.7. The lowest BCUT2D eigenvalue weighted by atomic mass is 9.83. The zero-order valence-electron chi connectivity index (χ0n) is 19.5. The number of rotatable bonds is 5. The number of carbonyl (C=O) groups is 3. The van der Waals surface area contributed by atoms with E-state index < -0.39 is 40.9 Å². The zero-order chi connectivity index (χ0) is 26.4. The molecule has 3 aromatic rings. The first-order valence-electron chi connectivity index (χ1n) is 11.5. The van der Waals surface area contributed by atoms with Gasteiger partial charge < -0.3 is 15.0 Å². The normalized spacial score (nSPS) is 14.5. The number of hydrogen-bond acceptors (Lipinski definition) is 4. The smallest absolute Gasteiger partial charge is 0.328 e. The molecule has 2 aliphatic rings. The van der Waals surface area contributed by atoms with Crippen molar-refractivity contribution in [2.75, 3.05) is 12.0 Å². The number of nitrogens with one attached hydrogen (secondary N) is 1. The second kappa shape index (κ2) is 9.55. The molecule has 1 N–H and O–H groups in total. The number of ether oxygens (including phenoxy) is 1. The van der Waals surface area contributed by atoms with Gasteiger partial charge in [-0.3, -0.25) is 9.59 Å². The summed E-state index contributed by atoms with van der Waals surface area (Å²) in [6, 6.07) is 7.79. The molecule has 3 aromatic carbocycles. The third-order valence-corrected chi connectivity index (χ3v) is 6.98. The van der Waals surface area contributed by atoms with Crippen molar-refractivity contribution < 1.29 is 32.3 Å². The van der Waals surface area contributed by atoms with Gasteiger partial charge in [0.2, 0.25) is 5.91 Å². The molecule has 190 valence electrons. The Morgan fingerprint density at radius 2 is 1.84 bits per heavy atom. The predicted octanol–water partition coefficient (Wildman–Crippen LogP) is 4.73. The Morgan fingerprint density at radius 1 is 1.11 bits per heavy atom. The molecule has 37 heavy (non-hydrogen) atoms. The van der Waals surface area contributed by atoms with E-state index in [1.165, 1.54) is 12.1 Å². The summed E-state index contributed by atoms with van der Waals surface area (Å²) < 4.78 is 47.2. The Balaban J connectivity index is 1.55. The highest BCUT2D eigenvalue weighted by Gasteiger charge is 2.36. The zero-order valence-corrected chi connectivity index (χ0v) is 20.3. The van der Waals surface area contributed by atoms with Crippen LogP contribution in [0.25, 0.3) is 11.1 Å². The second-order valence-electron chi connectivity index (χ2n) is 8.85. The van der Waals surface area contributed by atoms with Gasteiger partial charge in [-0.25, -0.2) is 18.0 Å². The van der Waals surface area contributed by atoms with E-state index in [4.69, 9.17) is 16.3 Å². The first-order valence-corrected chi connectivity index (χ1v) is 11.8. The van der Waals surface area contributed by atoms with Crippen molar-refractivity contribution in [3.05, 3.63) is 87.2 Å². The molecule has 0 saturated heterocycles. The molecule has 2 amide bonds. The van der Waals surface area contributed by atoms with Gasteiger partial charge in [0.1, 0.15) is 29.1 Å². The van der Waals surface area contributed by atoms with Crippen LogP contribution in [0, 0.1) is 17.5 Å². The first kappa shape index (κ1) is 24.8.